The highest BCUT2D eigenvalue weighted by molar-refractivity contribution is 5.49. The fraction of sp³-hybridized carbons (Fsp3) is 0.500. The van der Waals surface area contributed by atoms with Crippen molar-refractivity contribution in [3.05, 3.63) is 53.9 Å². The van der Waals surface area contributed by atoms with Crippen LogP contribution in [0.1, 0.15) is 49.9 Å². The molecule has 158 valence electrons. The predicted molar refractivity (Wildman–Crippen MR) is 119 cm³/mol. The van der Waals surface area contributed by atoms with Crippen molar-refractivity contribution in [1.29, 1.82) is 0 Å². The van der Waals surface area contributed by atoms with E-state index < -0.39 is 0 Å². The molecule has 0 radical (unpaired) electrons. The van der Waals surface area contributed by atoms with Crippen LogP contribution in [-0.2, 0) is 6.42 Å². The van der Waals surface area contributed by atoms with Crippen molar-refractivity contribution < 1.29 is 4.74 Å². The highest BCUT2D eigenvalue weighted by Gasteiger charge is 2.16. The van der Waals surface area contributed by atoms with Gasteiger partial charge < -0.3 is 10.1 Å². The molecule has 1 aliphatic heterocycles. The largest absolute Gasteiger partial charge is 0.492 e. The van der Waals surface area contributed by atoms with E-state index in [-0.39, 0.29) is 0 Å². The number of hydrogen-bond acceptors (Lipinski definition) is 5. The summed E-state index contributed by atoms with van der Waals surface area (Å²) in [4.78, 5) is 7.21. The fourth-order valence-corrected chi connectivity index (χ4v) is 4.60. The van der Waals surface area contributed by atoms with Gasteiger partial charge in [0.2, 0.25) is 0 Å². The van der Waals surface area contributed by atoms with Crippen molar-refractivity contribution in [3.8, 4) is 5.75 Å². The van der Waals surface area contributed by atoms with Crippen molar-refractivity contribution in [2.45, 2.75) is 51.0 Å². The summed E-state index contributed by atoms with van der Waals surface area (Å²) in [6.45, 7) is 4.20. The maximum Gasteiger partial charge on any atom is 0.158 e. The molecule has 0 bridgehead atoms. The molecular formula is C24H31N5O. The van der Waals surface area contributed by atoms with Crippen LogP contribution in [0.25, 0.3) is 5.65 Å². The second-order valence-corrected chi connectivity index (χ2v) is 8.55. The molecule has 1 saturated carbocycles. The first-order chi connectivity index (χ1) is 14.8. The predicted octanol–water partition coefficient (Wildman–Crippen LogP) is 4.15. The zero-order valence-corrected chi connectivity index (χ0v) is 17.6. The highest BCUT2D eigenvalue weighted by Crippen LogP contribution is 2.23. The summed E-state index contributed by atoms with van der Waals surface area (Å²) in [5, 5.41) is 8.42. The molecule has 0 unspecified atom stereocenters. The molecule has 0 amide bonds. The summed E-state index contributed by atoms with van der Waals surface area (Å²) < 4.78 is 7.86. The molecule has 6 nitrogen and oxygen atoms in total. The van der Waals surface area contributed by atoms with E-state index in [1.54, 1.807) is 0 Å². The molecule has 0 spiro atoms. The van der Waals surface area contributed by atoms with Gasteiger partial charge in [-0.25, -0.2) is 4.98 Å². The molecule has 6 heteroatoms. The first kappa shape index (κ1) is 19.4. The summed E-state index contributed by atoms with van der Waals surface area (Å²) in [5.74, 6) is 2.82. The Morgan fingerprint density at radius 3 is 2.57 bits per heavy atom. The van der Waals surface area contributed by atoms with Gasteiger partial charge in [0.05, 0.1) is 0 Å². The number of fused-ring (bicyclic) bond motifs is 1. The number of nitrogens with zero attached hydrogens (tertiary/aromatic N) is 4. The second kappa shape index (κ2) is 9.04. The van der Waals surface area contributed by atoms with E-state index in [0.29, 0.717) is 6.04 Å². The number of ether oxygens (including phenoxy) is 1. The normalized spacial score (nSPS) is 17.7. The lowest BCUT2D eigenvalue weighted by molar-refractivity contribution is 0.238. The number of anilines is 1. The molecule has 2 aromatic heterocycles. The van der Waals surface area contributed by atoms with Crippen LogP contribution >= 0.6 is 0 Å². The molecule has 3 heterocycles. The molecule has 1 saturated heterocycles. The summed E-state index contributed by atoms with van der Waals surface area (Å²) in [5.41, 5.74) is 2.10. The van der Waals surface area contributed by atoms with Crippen LogP contribution in [0.2, 0.25) is 0 Å². The summed E-state index contributed by atoms with van der Waals surface area (Å²) in [6, 6.07) is 15.1. The molecular weight excluding hydrogens is 374 g/mol. The maximum atomic E-state index is 5.91. The highest BCUT2D eigenvalue weighted by atomic mass is 16.5. The van der Waals surface area contributed by atoms with Crippen LogP contribution in [0.4, 0.5) is 5.82 Å². The number of benzene rings is 1. The molecule has 2 fully saturated rings. The molecule has 1 N–H and O–H groups in total. The van der Waals surface area contributed by atoms with Crippen LogP contribution in [0.15, 0.2) is 42.5 Å². The number of likely N-dealkylation sites (tertiary alicyclic amines) is 1. The van der Waals surface area contributed by atoms with Crippen molar-refractivity contribution in [2.75, 3.05) is 31.6 Å². The van der Waals surface area contributed by atoms with Gasteiger partial charge in [0, 0.05) is 19.0 Å². The van der Waals surface area contributed by atoms with E-state index in [1.165, 1.54) is 57.2 Å². The molecule has 2 aliphatic rings. The molecule has 5 rings (SSSR count). The number of hydrogen-bond donors (Lipinski definition) is 1. The lowest BCUT2D eigenvalue weighted by Crippen LogP contribution is -2.25. The third-order valence-electron chi connectivity index (χ3n) is 6.27. The average molecular weight is 406 g/mol. The maximum absolute atomic E-state index is 5.91. The lowest BCUT2D eigenvalue weighted by Gasteiger charge is -2.15. The Labute approximate surface area is 178 Å². The van der Waals surface area contributed by atoms with E-state index in [1.807, 2.05) is 10.6 Å². The van der Waals surface area contributed by atoms with Crippen LogP contribution in [0.3, 0.4) is 0 Å². The number of pyridine rings is 1. The Hall–Kier alpha value is -2.60. The number of rotatable bonds is 8. The van der Waals surface area contributed by atoms with Gasteiger partial charge in [0.1, 0.15) is 18.2 Å². The Bertz CT molecular complexity index is 955. The minimum atomic E-state index is 0.557. The van der Waals surface area contributed by atoms with Crippen molar-refractivity contribution in [1.82, 2.24) is 19.5 Å². The first-order valence-corrected chi connectivity index (χ1v) is 11.4. The SMILES string of the molecule is c1cc(NC2CCCC2)n2nc(Cc3ccc(OCCN4CCCC4)cc3)nc2c1. The summed E-state index contributed by atoms with van der Waals surface area (Å²) in [7, 11) is 0. The van der Waals surface area contributed by atoms with Crippen LogP contribution < -0.4 is 10.1 Å². The second-order valence-electron chi connectivity index (χ2n) is 8.55. The summed E-state index contributed by atoms with van der Waals surface area (Å²) >= 11 is 0. The lowest BCUT2D eigenvalue weighted by atomic mass is 10.1. The Balaban J connectivity index is 1.20. The minimum absolute atomic E-state index is 0.557. The van der Waals surface area contributed by atoms with Crippen molar-refractivity contribution >= 4 is 11.5 Å². The van der Waals surface area contributed by atoms with E-state index in [9.17, 15) is 0 Å². The van der Waals surface area contributed by atoms with Gasteiger partial charge in [-0.1, -0.05) is 31.0 Å². The Morgan fingerprint density at radius 1 is 0.967 bits per heavy atom. The molecule has 1 aliphatic carbocycles. The van der Waals surface area contributed by atoms with E-state index >= 15 is 0 Å². The van der Waals surface area contributed by atoms with E-state index in [4.69, 9.17) is 14.8 Å². The van der Waals surface area contributed by atoms with E-state index in [2.05, 4.69) is 46.6 Å². The molecule has 30 heavy (non-hydrogen) atoms. The van der Waals surface area contributed by atoms with Gasteiger partial charge in [-0.05, 0) is 68.6 Å². The average Bonchev–Trinajstić information content (AvgIpc) is 3.51. The van der Waals surface area contributed by atoms with Crippen LogP contribution in [0.5, 0.6) is 5.75 Å². The number of nitrogens with one attached hydrogen (secondary N) is 1. The van der Waals surface area contributed by atoms with E-state index in [0.717, 1.165) is 42.6 Å². The van der Waals surface area contributed by atoms with Gasteiger partial charge >= 0.3 is 0 Å². The quantitative estimate of drug-likeness (QED) is 0.610. The fourth-order valence-electron chi connectivity index (χ4n) is 4.60. The monoisotopic (exact) mass is 405 g/mol. The topological polar surface area (TPSA) is 54.7 Å². The third-order valence-corrected chi connectivity index (χ3v) is 6.27. The molecule has 3 aromatic rings. The Kier molecular flexibility index (Phi) is 5.84. The van der Waals surface area contributed by atoms with Crippen molar-refractivity contribution in [3.63, 3.8) is 0 Å². The van der Waals surface area contributed by atoms with Crippen LogP contribution in [-0.4, -0.2) is 51.8 Å². The van der Waals surface area contributed by atoms with Gasteiger partial charge in [-0.2, -0.15) is 4.52 Å². The number of aromatic nitrogens is 3. The third kappa shape index (κ3) is 4.59. The minimum Gasteiger partial charge on any atom is -0.492 e. The zero-order valence-electron chi connectivity index (χ0n) is 17.6. The van der Waals surface area contributed by atoms with Gasteiger partial charge in [0.15, 0.2) is 11.5 Å². The van der Waals surface area contributed by atoms with Gasteiger partial charge in [0.25, 0.3) is 0 Å². The first-order valence-electron chi connectivity index (χ1n) is 11.4. The standard InChI is InChI=1S/C24H31N5O/c1-2-7-20(6-1)25-23-8-5-9-24-26-22(27-29(23)24)18-19-10-12-21(13-11-19)30-17-16-28-14-3-4-15-28/h5,8-13,20,25H,1-4,6-7,14-18H2. The summed E-state index contributed by atoms with van der Waals surface area (Å²) in [6.07, 6.45) is 8.48. The van der Waals surface area contributed by atoms with Crippen molar-refractivity contribution in [2.24, 2.45) is 0 Å². The molecule has 1 aromatic carbocycles. The van der Waals surface area contributed by atoms with Crippen LogP contribution in [0, 0.1) is 0 Å². The zero-order chi connectivity index (χ0) is 20.2. The molecule has 0 atom stereocenters. The Morgan fingerprint density at radius 2 is 1.77 bits per heavy atom. The smallest absolute Gasteiger partial charge is 0.158 e. The van der Waals surface area contributed by atoms with Gasteiger partial charge in [-0.15, -0.1) is 5.10 Å². The van der Waals surface area contributed by atoms with Gasteiger partial charge in [-0.3, -0.25) is 4.90 Å².